The lowest BCUT2D eigenvalue weighted by Crippen LogP contribution is -2.45. The molecule has 136 valence electrons. The normalized spacial score (nSPS) is 12.9. The number of hydrogen-bond donors (Lipinski definition) is 1. The molecule has 0 bridgehead atoms. The van der Waals surface area contributed by atoms with Crippen molar-refractivity contribution in [2.45, 2.75) is 19.4 Å². The van der Waals surface area contributed by atoms with Crippen LogP contribution in [0.1, 0.15) is 24.2 Å². The molecule has 5 nitrogen and oxygen atoms in total. The molecule has 1 N–H and O–H groups in total. The van der Waals surface area contributed by atoms with Crippen LogP contribution in [0.4, 0.5) is 4.39 Å². The summed E-state index contributed by atoms with van der Waals surface area (Å²) in [7, 11) is -0.0576. The second-order valence-electron chi connectivity index (χ2n) is 6.91. The minimum absolute atomic E-state index is 0.0576. The maximum atomic E-state index is 14.2. The molecule has 3 aromatic rings. The van der Waals surface area contributed by atoms with Crippen molar-refractivity contribution >= 4 is 33.2 Å². The lowest BCUT2D eigenvalue weighted by molar-refractivity contribution is 0.0922. The van der Waals surface area contributed by atoms with Crippen molar-refractivity contribution < 1.29 is 9.18 Å². The number of halogens is 1. The molecule has 0 aliphatic rings. The summed E-state index contributed by atoms with van der Waals surface area (Å²) in [5, 5.41) is 7.77. The Balaban J connectivity index is 2.01. The average Bonchev–Trinajstić information content (AvgIpc) is 3.00. The zero-order chi connectivity index (χ0) is 18.9. The molecular formula is C19H21FN4OS. The van der Waals surface area contributed by atoms with Crippen LogP contribution in [0, 0.1) is 5.82 Å². The molecule has 0 aliphatic carbocycles. The zero-order valence-electron chi connectivity index (χ0n) is 15.0. The van der Waals surface area contributed by atoms with E-state index in [-0.39, 0.29) is 21.9 Å². The number of nitrogens with zero attached hydrogens (tertiary/aromatic N) is 3. The van der Waals surface area contributed by atoms with E-state index >= 15 is 0 Å². The molecule has 1 aromatic carbocycles. The standard InChI is InChI=1S/C19H21FN4OS/c1-19(2,12-26(3)4)22-18(25)14-7-8-16(20)17-15(14)11-24(23-17)13-6-5-9-21-10-13/h5-11H,3,12H2,1-2,4H3,(H,22,25). The van der Waals surface area contributed by atoms with E-state index in [9.17, 15) is 9.18 Å². The van der Waals surface area contributed by atoms with Crippen LogP contribution in [-0.2, 0) is 0 Å². The van der Waals surface area contributed by atoms with Crippen LogP contribution >= 0.6 is 10.5 Å². The first-order chi connectivity index (χ1) is 12.3. The Bertz CT molecular complexity index is 982. The van der Waals surface area contributed by atoms with Crippen molar-refractivity contribution in [2.75, 3.05) is 12.0 Å². The van der Waals surface area contributed by atoms with Gasteiger partial charge in [0.15, 0.2) is 5.82 Å². The summed E-state index contributed by atoms with van der Waals surface area (Å²) in [6.07, 6.45) is 6.97. The van der Waals surface area contributed by atoms with Gasteiger partial charge in [-0.25, -0.2) is 9.07 Å². The highest BCUT2D eigenvalue weighted by Crippen LogP contribution is 2.24. The second-order valence-corrected chi connectivity index (χ2v) is 8.76. The number of aromatic nitrogens is 3. The summed E-state index contributed by atoms with van der Waals surface area (Å²) in [5.74, 6) is 4.05. The van der Waals surface area contributed by atoms with E-state index in [1.165, 1.54) is 16.8 Å². The van der Waals surface area contributed by atoms with Gasteiger partial charge in [-0.3, -0.25) is 9.78 Å². The highest BCUT2D eigenvalue weighted by Gasteiger charge is 2.23. The molecule has 1 atom stereocenters. The average molecular weight is 372 g/mol. The molecule has 0 radical (unpaired) electrons. The van der Waals surface area contributed by atoms with E-state index in [0.29, 0.717) is 16.6 Å². The molecule has 26 heavy (non-hydrogen) atoms. The minimum Gasteiger partial charge on any atom is -0.346 e. The third-order valence-electron chi connectivity index (χ3n) is 3.84. The number of rotatable bonds is 5. The Hall–Kier alpha value is -2.54. The van der Waals surface area contributed by atoms with E-state index in [1.807, 2.05) is 26.2 Å². The van der Waals surface area contributed by atoms with Crippen LogP contribution in [0.3, 0.4) is 0 Å². The summed E-state index contributed by atoms with van der Waals surface area (Å²) in [6, 6.07) is 6.36. The number of hydrogen-bond acceptors (Lipinski definition) is 3. The van der Waals surface area contributed by atoms with Crippen LogP contribution in [0.25, 0.3) is 16.6 Å². The molecular weight excluding hydrogens is 351 g/mol. The number of fused-ring (bicyclic) bond motifs is 1. The number of nitrogens with one attached hydrogen (secondary N) is 1. The van der Waals surface area contributed by atoms with Gasteiger partial charge in [-0.05, 0) is 44.4 Å². The largest absolute Gasteiger partial charge is 0.346 e. The molecule has 7 heteroatoms. The number of benzene rings is 1. The predicted octanol–water partition coefficient (Wildman–Crippen LogP) is 3.40. The van der Waals surface area contributed by atoms with Gasteiger partial charge in [0.2, 0.25) is 0 Å². The van der Waals surface area contributed by atoms with Gasteiger partial charge in [0.05, 0.1) is 17.4 Å². The van der Waals surface area contributed by atoms with Gasteiger partial charge in [-0.15, -0.1) is 0 Å². The number of carbonyl (C=O) groups excluding carboxylic acids is 1. The van der Waals surface area contributed by atoms with Crippen LogP contribution in [0.2, 0.25) is 0 Å². The molecule has 3 rings (SSSR count). The van der Waals surface area contributed by atoms with Crippen LogP contribution in [0.15, 0.2) is 42.9 Å². The van der Waals surface area contributed by atoms with Crippen LogP contribution in [0.5, 0.6) is 0 Å². The molecule has 1 amide bonds. The molecule has 0 aliphatic heterocycles. The van der Waals surface area contributed by atoms with Crippen molar-refractivity contribution in [1.29, 1.82) is 0 Å². The second kappa shape index (κ2) is 6.99. The monoisotopic (exact) mass is 372 g/mol. The van der Waals surface area contributed by atoms with Gasteiger partial charge in [0.25, 0.3) is 5.91 Å². The van der Waals surface area contributed by atoms with Gasteiger partial charge < -0.3 is 5.32 Å². The van der Waals surface area contributed by atoms with Crippen molar-refractivity contribution in [3.05, 3.63) is 54.2 Å². The minimum atomic E-state index is -0.466. The van der Waals surface area contributed by atoms with Gasteiger partial charge in [-0.1, -0.05) is 5.87 Å². The van der Waals surface area contributed by atoms with Crippen molar-refractivity contribution in [2.24, 2.45) is 0 Å². The third-order valence-corrected chi connectivity index (χ3v) is 5.06. The van der Waals surface area contributed by atoms with Crippen molar-refractivity contribution in [3.63, 3.8) is 0 Å². The topological polar surface area (TPSA) is 59.8 Å². The molecule has 0 fully saturated rings. The van der Waals surface area contributed by atoms with E-state index in [1.54, 1.807) is 24.7 Å². The van der Waals surface area contributed by atoms with Gasteiger partial charge in [0.1, 0.15) is 5.52 Å². The Morgan fingerprint density at radius 2 is 2.15 bits per heavy atom. The molecule has 2 heterocycles. The van der Waals surface area contributed by atoms with Crippen LogP contribution in [-0.4, -0.2) is 44.1 Å². The van der Waals surface area contributed by atoms with E-state index < -0.39 is 11.4 Å². The van der Waals surface area contributed by atoms with Crippen LogP contribution < -0.4 is 5.32 Å². The smallest absolute Gasteiger partial charge is 0.252 e. The van der Waals surface area contributed by atoms with E-state index in [2.05, 4.69) is 21.3 Å². The van der Waals surface area contributed by atoms with Gasteiger partial charge in [-0.2, -0.15) is 15.6 Å². The van der Waals surface area contributed by atoms with E-state index in [4.69, 9.17) is 0 Å². The fourth-order valence-electron chi connectivity index (χ4n) is 2.92. The summed E-state index contributed by atoms with van der Waals surface area (Å²) in [5.41, 5.74) is 0.842. The Kier molecular flexibility index (Phi) is 4.91. The quantitative estimate of drug-likeness (QED) is 0.699. The fraction of sp³-hybridized carbons (Fsp3) is 0.263. The number of pyridine rings is 1. The lowest BCUT2D eigenvalue weighted by Gasteiger charge is -2.27. The fourth-order valence-corrected chi connectivity index (χ4v) is 4.22. The molecule has 0 saturated heterocycles. The highest BCUT2D eigenvalue weighted by atomic mass is 32.2. The maximum absolute atomic E-state index is 14.2. The Labute approximate surface area is 154 Å². The Morgan fingerprint density at radius 3 is 2.81 bits per heavy atom. The Morgan fingerprint density at radius 1 is 1.38 bits per heavy atom. The molecule has 0 spiro atoms. The highest BCUT2D eigenvalue weighted by molar-refractivity contribution is 8.13. The maximum Gasteiger partial charge on any atom is 0.252 e. The first-order valence-corrected chi connectivity index (χ1v) is 10.1. The van der Waals surface area contributed by atoms with Crippen molar-refractivity contribution in [3.8, 4) is 5.69 Å². The summed E-state index contributed by atoms with van der Waals surface area (Å²) >= 11 is 0. The van der Waals surface area contributed by atoms with Gasteiger partial charge in [0, 0.05) is 29.1 Å². The molecule has 1 unspecified atom stereocenters. The molecule has 0 saturated carbocycles. The lowest BCUT2D eigenvalue weighted by atomic mass is 10.1. The zero-order valence-corrected chi connectivity index (χ0v) is 15.8. The first kappa shape index (κ1) is 18.3. The summed E-state index contributed by atoms with van der Waals surface area (Å²) in [4.78, 5) is 16.9. The molecule has 2 aromatic heterocycles. The van der Waals surface area contributed by atoms with Crippen molar-refractivity contribution in [1.82, 2.24) is 20.1 Å². The number of amides is 1. The number of carbonyl (C=O) groups is 1. The SMILES string of the molecule is C=S(C)CC(C)(C)NC(=O)c1ccc(F)c2nn(-c3cccnc3)cc12. The third kappa shape index (κ3) is 3.83. The summed E-state index contributed by atoms with van der Waals surface area (Å²) < 4.78 is 15.8. The first-order valence-electron chi connectivity index (χ1n) is 8.10. The van der Waals surface area contributed by atoms with Gasteiger partial charge >= 0.3 is 0 Å². The van der Waals surface area contributed by atoms with E-state index in [0.717, 1.165) is 5.75 Å². The predicted molar refractivity (Wildman–Crippen MR) is 106 cm³/mol. The summed E-state index contributed by atoms with van der Waals surface area (Å²) in [6.45, 7) is 3.92.